The SMILES string of the molecule is Cc1ccn(C(C)C2=NN(c3ccn(Cc4ccc(F)cc4Cl)n3)C(N)S2)n1. The lowest BCUT2D eigenvalue weighted by molar-refractivity contribution is 0.607. The van der Waals surface area contributed by atoms with Crippen LogP contribution >= 0.6 is 23.4 Å². The molecule has 0 saturated carbocycles. The summed E-state index contributed by atoms with van der Waals surface area (Å²) >= 11 is 7.58. The minimum Gasteiger partial charge on any atom is -0.301 e. The number of rotatable bonds is 5. The Labute approximate surface area is 171 Å². The summed E-state index contributed by atoms with van der Waals surface area (Å²) in [6.07, 6.45) is 3.75. The molecule has 10 heteroatoms. The molecular weight excluding hydrogens is 401 g/mol. The van der Waals surface area contributed by atoms with Crippen LogP contribution in [0, 0.1) is 12.7 Å². The first-order valence-electron chi connectivity index (χ1n) is 8.70. The van der Waals surface area contributed by atoms with E-state index in [0.29, 0.717) is 17.4 Å². The van der Waals surface area contributed by atoms with Gasteiger partial charge in [-0.05, 0) is 37.6 Å². The molecule has 3 aromatic rings. The highest BCUT2D eigenvalue weighted by atomic mass is 35.5. The van der Waals surface area contributed by atoms with E-state index < -0.39 is 0 Å². The van der Waals surface area contributed by atoms with E-state index in [-0.39, 0.29) is 17.4 Å². The number of thioether (sulfide) groups is 1. The summed E-state index contributed by atoms with van der Waals surface area (Å²) in [7, 11) is 0. The first-order chi connectivity index (χ1) is 13.4. The number of hydrogen-bond donors (Lipinski definition) is 1. The molecule has 3 heterocycles. The summed E-state index contributed by atoms with van der Waals surface area (Å²) in [5.74, 6) is 0.274. The van der Waals surface area contributed by atoms with Gasteiger partial charge in [-0.1, -0.05) is 29.4 Å². The summed E-state index contributed by atoms with van der Waals surface area (Å²) in [6.45, 7) is 4.41. The first kappa shape index (κ1) is 19.0. The van der Waals surface area contributed by atoms with E-state index in [4.69, 9.17) is 17.3 Å². The largest absolute Gasteiger partial charge is 0.301 e. The molecular formula is C18H19ClFN7S. The molecule has 1 aliphatic rings. The van der Waals surface area contributed by atoms with Gasteiger partial charge in [-0.15, -0.1) is 0 Å². The Bertz CT molecular complexity index is 1030. The molecule has 4 rings (SSSR count). The third kappa shape index (κ3) is 3.78. The summed E-state index contributed by atoms with van der Waals surface area (Å²) in [5.41, 5.74) is 7.62. The van der Waals surface area contributed by atoms with Crippen molar-refractivity contribution >= 4 is 34.2 Å². The molecule has 0 radical (unpaired) electrons. The van der Waals surface area contributed by atoms with Gasteiger partial charge in [0.25, 0.3) is 0 Å². The molecule has 0 spiro atoms. The van der Waals surface area contributed by atoms with Gasteiger partial charge < -0.3 is 5.73 Å². The zero-order valence-electron chi connectivity index (χ0n) is 15.3. The van der Waals surface area contributed by atoms with Gasteiger partial charge in [0.1, 0.15) is 10.9 Å². The van der Waals surface area contributed by atoms with E-state index in [1.165, 1.54) is 23.9 Å². The van der Waals surface area contributed by atoms with Crippen molar-refractivity contribution < 1.29 is 4.39 Å². The molecule has 1 aliphatic heterocycles. The predicted octanol–water partition coefficient (Wildman–Crippen LogP) is 3.60. The highest BCUT2D eigenvalue weighted by molar-refractivity contribution is 8.14. The van der Waals surface area contributed by atoms with Crippen LogP contribution < -0.4 is 10.7 Å². The molecule has 0 aliphatic carbocycles. The quantitative estimate of drug-likeness (QED) is 0.683. The molecule has 146 valence electrons. The Morgan fingerprint density at radius 1 is 1.25 bits per heavy atom. The Balaban J connectivity index is 1.52. The Morgan fingerprint density at radius 2 is 2.07 bits per heavy atom. The van der Waals surface area contributed by atoms with Crippen LogP contribution in [0.3, 0.4) is 0 Å². The molecule has 0 amide bonds. The summed E-state index contributed by atoms with van der Waals surface area (Å²) in [6, 6.07) is 8.11. The number of hydrogen-bond acceptors (Lipinski definition) is 6. The molecule has 2 N–H and O–H groups in total. The van der Waals surface area contributed by atoms with Crippen molar-refractivity contribution in [3.8, 4) is 0 Å². The van der Waals surface area contributed by atoms with Gasteiger partial charge in [-0.3, -0.25) is 9.36 Å². The van der Waals surface area contributed by atoms with E-state index in [2.05, 4.69) is 15.3 Å². The minimum absolute atomic E-state index is 0.0187. The number of hydrazone groups is 1. The topological polar surface area (TPSA) is 77.3 Å². The molecule has 0 bridgehead atoms. The minimum atomic E-state index is -0.369. The average Bonchev–Trinajstić information content (AvgIpc) is 3.37. The third-order valence-electron chi connectivity index (χ3n) is 4.39. The van der Waals surface area contributed by atoms with Crippen molar-refractivity contribution in [1.29, 1.82) is 0 Å². The van der Waals surface area contributed by atoms with Crippen LogP contribution in [-0.2, 0) is 6.54 Å². The highest BCUT2D eigenvalue weighted by Gasteiger charge is 2.30. The number of benzene rings is 1. The van der Waals surface area contributed by atoms with Crippen LogP contribution in [0.5, 0.6) is 0 Å². The second kappa shape index (κ2) is 7.57. The number of halogens is 2. The van der Waals surface area contributed by atoms with Gasteiger partial charge >= 0.3 is 0 Å². The van der Waals surface area contributed by atoms with Crippen molar-refractivity contribution in [3.63, 3.8) is 0 Å². The molecule has 2 aromatic heterocycles. The van der Waals surface area contributed by atoms with Crippen LogP contribution in [0.1, 0.15) is 24.2 Å². The van der Waals surface area contributed by atoms with Crippen molar-refractivity contribution in [3.05, 3.63) is 64.8 Å². The van der Waals surface area contributed by atoms with E-state index in [1.54, 1.807) is 15.8 Å². The van der Waals surface area contributed by atoms with Gasteiger partial charge in [0.05, 0.1) is 18.3 Å². The van der Waals surface area contributed by atoms with Crippen LogP contribution in [0.4, 0.5) is 10.2 Å². The smallest absolute Gasteiger partial charge is 0.173 e. The molecule has 2 atom stereocenters. The van der Waals surface area contributed by atoms with Crippen molar-refractivity contribution in [1.82, 2.24) is 19.6 Å². The zero-order valence-corrected chi connectivity index (χ0v) is 16.9. The monoisotopic (exact) mass is 419 g/mol. The summed E-state index contributed by atoms with van der Waals surface area (Å²) < 4.78 is 16.8. The second-order valence-corrected chi connectivity index (χ2v) is 8.06. The van der Waals surface area contributed by atoms with Crippen LogP contribution in [0.25, 0.3) is 0 Å². The number of nitrogens with two attached hydrogens (primary N) is 1. The molecule has 7 nitrogen and oxygen atoms in total. The standard InChI is InChI=1S/C18H19ClFN7S/c1-11-5-8-26(22-11)12(2)17-24-27(18(21)28-17)16-6-7-25(23-16)10-13-3-4-14(20)9-15(13)19/h3-9,12,18H,10,21H2,1-2H3. The normalized spacial score (nSPS) is 17.8. The van der Waals surface area contributed by atoms with Gasteiger partial charge in [-0.2, -0.15) is 15.3 Å². The molecule has 0 saturated heterocycles. The maximum absolute atomic E-state index is 13.2. The van der Waals surface area contributed by atoms with E-state index in [1.807, 2.05) is 43.1 Å². The average molecular weight is 420 g/mol. The lowest BCUT2D eigenvalue weighted by Crippen LogP contribution is -2.32. The van der Waals surface area contributed by atoms with E-state index >= 15 is 0 Å². The summed E-state index contributed by atoms with van der Waals surface area (Å²) in [4.78, 5) is 0. The third-order valence-corrected chi connectivity index (χ3v) is 5.85. The fourth-order valence-electron chi connectivity index (χ4n) is 2.87. The van der Waals surface area contributed by atoms with E-state index in [0.717, 1.165) is 16.3 Å². The van der Waals surface area contributed by atoms with Crippen molar-refractivity contribution in [2.75, 3.05) is 5.01 Å². The van der Waals surface area contributed by atoms with Gasteiger partial charge in [-0.25, -0.2) is 9.40 Å². The van der Waals surface area contributed by atoms with Crippen LogP contribution in [0.2, 0.25) is 5.02 Å². The fourth-order valence-corrected chi connectivity index (χ4v) is 4.04. The molecule has 28 heavy (non-hydrogen) atoms. The number of aryl methyl sites for hydroxylation is 1. The Hall–Kier alpha value is -2.36. The van der Waals surface area contributed by atoms with Gasteiger partial charge in [0.15, 0.2) is 11.3 Å². The molecule has 1 aromatic carbocycles. The van der Waals surface area contributed by atoms with Gasteiger partial charge in [0, 0.05) is 23.5 Å². The molecule has 2 unspecified atom stereocenters. The molecule has 0 fully saturated rings. The highest BCUT2D eigenvalue weighted by Crippen LogP contribution is 2.32. The zero-order chi connectivity index (χ0) is 19.8. The second-order valence-electron chi connectivity index (χ2n) is 6.51. The lowest BCUT2D eigenvalue weighted by atomic mass is 10.2. The first-order valence-corrected chi connectivity index (χ1v) is 9.95. The maximum atomic E-state index is 13.2. The summed E-state index contributed by atoms with van der Waals surface area (Å²) in [5, 5.41) is 16.6. The van der Waals surface area contributed by atoms with Crippen LogP contribution in [0.15, 0.2) is 47.8 Å². The van der Waals surface area contributed by atoms with Crippen molar-refractivity contribution in [2.24, 2.45) is 10.8 Å². The van der Waals surface area contributed by atoms with E-state index in [9.17, 15) is 4.39 Å². The van der Waals surface area contributed by atoms with Crippen molar-refractivity contribution in [2.45, 2.75) is 31.9 Å². The number of aromatic nitrogens is 4. The predicted molar refractivity (Wildman–Crippen MR) is 110 cm³/mol. The fraction of sp³-hybridized carbons (Fsp3) is 0.278. The van der Waals surface area contributed by atoms with Gasteiger partial charge in [0.2, 0.25) is 0 Å². The Morgan fingerprint density at radius 3 is 2.79 bits per heavy atom. The Kier molecular flexibility index (Phi) is 5.13. The maximum Gasteiger partial charge on any atom is 0.173 e. The van der Waals surface area contributed by atoms with Crippen LogP contribution in [-0.4, -0.2) is 30.1 Å². The number of nitrogens with zero attached hydrogens (tertiary/aromatic N) is 6. The number of anilines is 1. The lowest BCUT2D eigenvalue weighted by Gasteiger charge is -2.15.